The second-order valence-corrected chi connectivity index (χ2v) is 4.90. The zero-order valence-corrected chi connectivity index (χ0v) is 9.84. The van der Waals surface area contributed by atoms with Gasteiger partial charge in [0.2, 0.25) is 5.91 Å². The molecule has 2 aliphatic rings. The summed E-state index contributed by atoms with van der Waals surface area (Å²) in [5, 5.41) is 5.37. The van der Waals surface area contributed by atoms with E-state index in [0.717, 1.165) is 12.8 Å². The van der Waals surface area contributed by atoms with E-state index in [4.69, 9.17) is 4.74 Å². The molecule has 2 saturated heterocycles. The van der Waals surface area contributed by atoms with Gasteiger partial charge in [-0.3, -0.25) is 10.1 Å². The third-order valence-electron chi connectivity index (χ3n) is 3.26. The highest BCUT2D eigenvalue weighted by Gasteiger charge is 2.42. The molecule has 0 aliphatic carbocycles. The maximum Gasteiger partial charge on any atom is 0.262 e. The number of hydrogen-bond donors (Lipinski definition) is 2. The number of alkyl halides is 2. The SMILES string of the molecule is CC1CC(NC(=O)C2CC(F)(F)CN2)CCO1. The van der Waals surface area contributed by atoms with E-state index in [2.05, 4.69) is 10.6 Å². The van der Waals surface area contributed by atoms with Crippen LogP contribution in [0.15, 0.2) is 0 Å². The Bertz CT molecular complexity index is 299. The van der Waals surface area contributed by atoms with Crippen molar-refractivity contribution in [2.75, 3.05) is 13.2 Å². The molecule has 0 spiro atoms. The molecule has 0 aromatic rings. The normalized spacial score (nSPS) is 36.8. The van der Waals surface area contributed by atoms with Crippen LogP contribution in [0, 0.1) is 0 Å². The smallest absolute Gasteiger partial charge is 0.262 e. The fraction of sp³-hybridized carbons (Fsp3) is 0.909. The van der Waals surface area contributed by atoms with Gasteiger partial charge in [-0.05, 0) is 19.8 Å². The lowest BCUT2D eigenvalue weighted by Gasteiger charge is -2.28. The topological polar surface area (TPSA) is 50.4 Å². The van der Waals surface area contributed by atoms with Crippen molar-refractivity contribution in [1.29, 1.82) is 0 Å². The third-order valence-corrected chi connectivity index (χ3v) is 3.26. The van der Waals surface area contributed by atoms with Crippen molar-refractivity contribution in [2.24, 2.45) is 0 Å². The number of carbonyl (C=O) groups is 1. The van der Waals surface area contributed by atoms with E-state index in [1.165, 1.54) is 0 Å². The Morgan fingerprint density at radius 2 is 2.29 bits per heavy atom. The van der Waals surface area contributed by atoms with Gasteiger partial charge in [-0.15, -0.1) is 0 Å². The molecule has 2 N–H and O–H groups in total. The third kappa shape index (κ3) is 3.35. The molecule has 0 radical (unpaired) electrons. The molecule has 1 amide bonds. The number of nitrogens with one attached hydrogen (secondary N) is 2. The molecule has 17 heavy (non-hydrogen) atoms. The van der Waals surface area contributed by atoms with E-state index >= 15 is 0 Å². The van der Waals surface area contributed by atoms with Crippen molar-refractivity contribution >= 4 is 5.91 Å². The van der Waals surface area contributed by atoms with Crippen LogP contribution in [0.1, 0.15) is 26.2 Å². The minimum Gasteiger partial charge on any atom is -0.378 e. The van der Waals surface area contributed by atoms with Gasteiger partial charge in [0.15, 0.2) is 0 Å². The van der Waals surface area contributed by atoms with Crippen LogP contribution in [0.4, 0.5) is 8.78 Å². The van der Waals surface area contributed by atoms with Crippen LogP contribution in [0.2, 0.25) is 0 Å². The molecule has 3 atom stereocenters. The van der Waals surface area contributed by atoms with E-state index in [9.17, 15) is 13.6 Å². The van der Waals surface area contributed by atoms with Gasteiger partial charge in [-0.25, -0.2) is 8.78 Å². The van der Waals surface area contributed by atoms with Gasteiger partial charge in [-0.2, -0.15) is 0 Å². The van der Waals surface area contributed by atoms with Crippen LogP contribution in [0.5, 0.6) is 0 Å². The van der Waals surface area contributed by atoms with Crippen LogP contribution in [0.3, 0.4) is 0 Å². The van der Waals surface area contributed by atoms with E-state index in [1.54, 1.807) is 0 Å². The number of rotatable bonds is 2. The quantitative estimate of drug-likeness (QED) is 0.755. The molecule has 98 valence electrons. The second kappa shape index (κ2) is 4.86. The lowest BCUT2D eigenvalue weighted by molar-refractivity contribution is -0.125. The Morgan fingerprint density at radius 3 is 2.88 bits per heavy atom. The number of hydrogen-bond acceptors (Lipinski definition) is 3. The lowest BCUT2D eigenvalue weighted by atomic mass is 10.0. The van der Waals surface area contributed by atoms with Gasteiger partial charge >= 0.3 is 0 Å². The van der Waals surface area contributed by atoms with Gasteiger partial charge in [0.1, 0.15) is 0 Å². The predicted octanol–water partition coefficient (Wildman–Crippen LogP) is 0.667. The fourth-order valence-electron chi connectivity index (χ4n) is 2.33. The molecule has 0 aromatic carbocycles. The largest absolute Gasteiger partial charge is 0.378 e. The molecular formula is C11H18F2N2O2. The van der Waals surface area contributed by atoms with Gasteiger partial charge < -0.3 is 10.1 Å². The fourth-order valence-corrected chi connectivity index (χ4v) is 2.33. The van der Waals surface area contributed by atoms with Gasteiger partial charge in [0.05, 0.1) is 18.7 Å². The number of halogens is 2. The Labute approximate surface area is 99.1 Å². The molecule has 2 heterocycles. The highest BCUT2D eigenvalue weighted by molar-refractivity contribution is 5.82. The van der Waals surface area contributed by atoms with E-state index in [0.29, 0.717) is 6.61 Å². The molecule has 0 aromatic heterocycles. The summed E-state index contributed by atoms with van der Waals surface area (Å²) in [6.07, 6.45) is 1.21. The summed E-state index contributed by atoms with van der Waals surface area (Å²) in [5.74, 6) is -3.08. The van der Waals surface area contributed by atoms with Gasteiger partial charge in [0.25, 0.3) is 5.92 Å². The molecule has 0 saturated carbocycles. The Hall–Kier alpha value is -0.750. The van der Waals surface area contributed by atoms with Crippen LogP contribution in [0.25, 0.3) is 0 Å². The second-order valence-electron chi connectivity index (χ2n) is 4.90. The molecule has 6 heteroatoms. The van der Waals surface area contributed by atoms with E-state index < -0.39 is 24.9 Å². The van der Waals surface area contributed by atoms with Gasteiger partial charge in [-0.1, -0.05) is 0 Å². The summed E-state index contributed by atoms with van der Waals surface area (Å²) in [7, 11) is 0. The number of carbonyl (C=O) groups excluding carboxylic acids is 1. The summed E-state index contributed by atoms with van der Waals surface area (Å²) in [6.45, 7) is 2.15. The summed E-state index contributed by atoms with van der Waals surface area (Å²) >= 11 is 0. The molecule has 2 rings (SSSR count). The van der Waals surface area contributed by atoms with Crippen molar-refractivity contribution in [3.05, 3.63) is 0 Å². The first-order valence-electron chi connectivity index (χ1n) is 5.99. The highest BCUT2D eigenvalue weighted by Crippen LogP contribution is 2.25. The standard InChI is InChI=1S/C11H18F2N2O2/c1-7-4-8(2-3-17-7)15-10(16)9-5-11(12,13)6-14-9/h7-9,14H,2-6H2,1H3,(H,15,16). The molecule has 4 nitrogen and oxygen atoms in total. The van der Waals surface area contributed by atoms with Crippen LogP contribution in [-0.2, 0) is 9.53 Å². The minimum absolute atomic E-state index is 0.0438. The zero-order valence-electron chi connectivity index (χ0n) is 9.84. The molecule has 2 aliphatic heterocycles. The van der Waals surface area contributed by atoms with Crippen LogP contribution >= 0.6 is 0 Å². The summed E-state index contributed by atoms with van der Waals surface area (Å²) < 4.78 is 31.2. The summed E-state index contributed by atoms with van der Waals surface area (Å²) in [4.78, 5) is 11.8. The number of amides is 1. The molecule has 2 fully saturated rings. The first-order chi connectivity index (χ1) is 7.96. The first kappa shape index (κ1) is 12.7. The van der Waals surface area contributed by atoms with Crippen LogP contribution < -0.4 is 10.6 Å². The minimum atomic E-state index is -2.76. The number of ether oxygens (including phenoxy) is 1. The van der Waals surface area contributed by atoms with E-state index in [1.807, 2.05) is 6.92 Å². The van der Waals surface area contributed by atoms with Crippen molar-refractivity contribution in [1.82, 2.24) is 10.6 Å². The average Bonchev–Trinajstić information content (AvgIpc) is 2.59. The van der Waals surface area contributed by atoms with Crippen molar-refractivity contribution < 1.29 is 18.3 Å². The van der Waals surface area contributed by atoms with Crippen molar-refractivity contribution in [3.63, 3.8) is 0 Å². The summed E-state index contributed by atoms with van der Waals surface area (Å²) in [6, 6.07) is -0.717. The van der Waals surface area contributed by atoms with Crippen molar-refractivity contribution in [3.8, 4) is 0 Å². The Kier molecular flexibility index (Phi) is 3.63. The summed E-state index contributed by atoms with van der Waals surface area (Å²) in [5.41, 5.74) is 0. The van der Waals surface area contributed by atoms with Crippen LogP contribution in [-0.4, -0.2) is 43.2 Å². The first-order valence-corrected chi connectivity index (χ1v) is 5.99. The average molecular weight is 248 g/mol. The maximum atomic E-state index is 12.9. The van der Waals surface area contributed by atoms with Crippen molar-refractivity contribution in [2.45, 2.75) is 50.3 Å². The monoisotopic (exact) mass is 248 g/mol. The lowest BCUT2D eigenvalue weighted by Crippen LogP contribution is -2.48. The maximum absolute atomic E-state index is 12.9. The molecule has 3 unspecified atom stereocenters. The zero-order chi connectivity index (χ0) is 12.5. The highest BCUT2D eigenvalue weighted by atomic mass is 19.3. The molecule has 0 bridgehead atoms. The predicted molar refractivity (Wildman–Crippen MR) is 57.9 cm³/mol. The Morgan fingerprint density at radius 1 is 1.53 bits per heavy atom. The van der Waals surface area contributed by atoms with Gasteiger partial charge in [0, 0.05) is 19.1 Å². The Balaban J connectivity index is 1.81. The van der Waals surface area contributed by atoms with E-state index in [-0.39, 0.29) is 18.1 Å². The molecular weight excluding hydrogens is 230 g/mol.